The second kappa shape index (κ2) is 7.45. The molecule has 24 heavy (non-hydrogen) atoms. The summed E-state index contributed by atoms with van der Waals surface area (Å²) in [4.78, 5) is 11.3. The number of anilines is 1. The maximum absolute atomic E-state index is 6.09. The van der Waals surface area contributed by atoms with Crippen LogP contribution < -0.4 is 4.90 Å². The van der Waals surface area contributed by atoms with Gasteiger partial charge in [0.25, 0.3) is 0 Å². The van der Waals surface area contributed by atoms with Crippen LogP contribution in [0.1, 0.15) is 19.7 Å². The van der Waals surface area contributed by atoms with Gasteiger partial charge in [-0.3, -0.25) is 0 Å². The predicted molar refractivity (Wildman–Crippen MR) is 96.4 cm³/mol. The number of aromatic nitrogens is 2. The van der Waals surface area contributed by atoms with Crippen molar-refractivity contribution >= 4 is 16.9 Å². The molecule has 1 saturated heterocycles. The smallest absolute Gasteiger partial charge is 0.195 e. The van der Waals surface area contributed by atoms with E-state index in [2.05, 4.69) is 14.9 Å². The first-order chi connectivity index (χ1) is 11.8. The number of ether oxygens (including phenoxy) is 1. The zero-order valence-corrected chi connectivity index (χ0v) is 14.5. The molecule has 0 aliphatic carbocycles. The summed E-state index contributed by atoms with van der Waals surface area (Å²) in [5.41, 5.74) is 2.66. The maximum atomic E-state index is 6.09. The summed E-state index contributed by atoms with van der Waals surface area (Å²) < 4.78 is 11.5. The van der Waals surface area contributed by atoms with Crippen LogP contribution in [0.15, 0.2) is 40.8 Å². The van der Waals surface area contributed by atoms with Gasteiger partial charge in [0.2, 0.25) is 0 Å². The van der Waals surface area contributed by atoms with Crippen molar-refractivity contribution in [3.63, 3.8) is 0 Å². The van der Waals surface area contributed by atoms with E-state index in [1.165, 1.54) is 0 Å². The molecule has 3 heterocycles. The number of aryl methyl sites for hydroxylation is 1. The normalized spacial score (nSPS) is 14.4. The Labute approximate surface area is 142 Å². The molecular weight excluding hydrogens is 302 g/mol. The van der Waals surface area contributed by atoms with E-state index in [9.17, 15) is 0 Å². The minimum absolute atomic E-state index is 0.719. The monoisotopic (exact) mass is 325 g/mol. The van der Waals surface area contributed by atoms with Crippen molar-refractivity contribution < 1.29 is 9.15 Å². The molecule has 1 aromatic carbocycles. The second-order valence-corrected chi connectivity index (χ2v) is 5.38. The summed E-state index contributed by atoms with van der Waals surface area (Å²) in [5, 5.41) is 0. The molecule has 1 aliphatic rings. The van der Waals surface area contributed by atoms with Crippen LogP contribution in [0.3, 0.4) is 0 Å². The molecule has 1 fully saturated rings. The Kier molecular flexibility index (Phi) is 5.11. The lowest BCUT2D eigenvalue weighted by molar-refractivity contribution is 0.122. The molecule has 0 atom stereocenters. The third-order valence-corrected chi connectivity index (χ3v) is 3.83. The topological polar surface area (TPSA) is 51.4 Å². The number of morpholine rings is 1. The zero-order valence-electron chi connectivity index (χ0n) is 14.5. The molecule has 0 radical (unpaired) electrons. The minimum atomic E-state index is 0.719. The average Bonchev–Trinajstić information content (AvgIpc) is 3.08. The molecular formula is C19H23N3O2. The van der Waals surface area contributed by atoms with Crippen LogP contribution in [0, 0.1) is 6.92 Å². The summed E-state index contributed by atoms with van der Waals surface area (Å²) in [6, 6.07) is 12.1. The third kappa shape index (κ3) is 3.26. The van der Waals surface area contributed by atoms with Crippen LogP contribution in [0.25, 0.3) is 22.4 Å². The quantitative estimate of drug-likeness (QED) is 0.711. The molecule has 3 aromatic rings. The molecule has 0 amide bonds. The largest absolute Gasteiger partial charge is 0.450 e. The van der Waals surface area contributed by atoms with E-state index in [4.69, 9.17) is 9.15 Å². The summed E-state index contributed by atoms with van der Waals surface area (Å²) in [6.07, 6.45) is 0. The minimum Gasteiger partial charge on any atom is -0.450 e. The van der Waals surface area contributed by atoms with E-state index in [1.807, 2.05) is 57.2 Å². The number of benzene rings is 1. The van der Waals surface area contributed by atoms with E-state index in [1.54, 1.807) is 0 Å². The van der Waals surface area contributed by atoms with Crippen LogP contribution >= 0.6 is 0 Å². The first kappa shape index (κ1) is 16.5. The number of fused-ring (bicyclic) bond motifs is 1. The van der Waals surface area contributed by atoms with E-state index in [0.717, 1.165) is 60.4 Å². The molecule has 0 bridgehead atoms. The van der Waals surface area contributed by atoms with E-state index in [-0.39, 0.29) is 0 Å². The van der Waals surface area contributed by atoms with Gasteiger partial charge in [0.1, 0.15) is 17.1 Å². The molecule has 5 nitrogen and oxygen atoms in total. The predicted octanol–water partition coefficient (Wildman–Crippen LogP) is 4.06. The molecule has 0 N–H and O–H groups in total. The summed E-state index contributed by atoms with van der Waals surface area (Å²) in [7, 11) is 0. The van der Waals surface area contributed by atoms with Crippen molar-refractivity contribution in [2.75, 3.05) is 31.2 Å². The van der Waals surface area contributed by atoms with Crippen molar-refractivity contribution in [1.82, 2.24) is 9.97 Å². The maximum Gasteiger partial charge on any atom is 0.195 e. The van der Waals surface area contributed by atoms with Gasteiger partial charge in [-0.15, -0.1) is 0 Å². The zero-order chi connectivity index (χ0) is 16.9. The van der Waals surface area contributed by atoms with Gasteiger partial charge >= 0.3 is 0 Å². The van der Waals surface area contributed by atoms with Gasteiger partial charge in [0, 0.05) is 24.7 Å². The number of nitrogens with zero attached hydrogens (tertiary/aromatic N) is 3. The Balaban J connectivity index is 0.000000815. The van der Waals surface area contributed by atoms with Crippen LogP contribution in [-0.2, 0) is 4.74 Å². The lowest BCUT2D eigenvalue weighted by Gasteiger charge is -2.27. The Morgan fingerprint density at radius 3 is 2.42 bits per heavy atom. The second-order valence-electron chi connectivity index (χ2n) is 5.38. The molecule has 126 valence electrons. The number of furan rings is 1. The van der Waals surface area contributed by atoms with Gasteiger partial charge < -0.3 is 14.1 Å². The number of hydrogen-bond acceptors (Lipinski definition) is 5. The van der Waals surface area contributed by atoms with Crippen molar-refractivity contribution in [2.24, 2.45) is 0 Å². The Morgan fingerprint density at radius 1 is 1.00 bits per heavy atom. The van der Waals surface area contributed by atoms with Gasteiger partial charge in [0.05, 0.1) is 13.2 Å². The highest BCUT2D eigenvalue weighted by Gasteiger charge is 2.20. The molecule has 2 aromatic heterocycles. The van der Waals surface area contributed by atoms with Crippen LogP contribution in [-0.4, -0.2) is 36.3 Å². The first-order valence-corrected chi connectivity index (χ1v) is 8.47. The van der Waals surface area contributed by atoms with E-state index in [0.29, 0.717) is 0 Å². The molecule has 4 rings (SSSR count). The van der Waals surface area contributed by atoms with Gasteiger partial charge in [-0.2, -0.15) is 0 Å². The highest BCUT2D eigenvalue weighted by Crippen LogP contribution is 2.32. The molecule has 0 spiro atoms. The fourth-order valence-electron chi connectivity index (χ4n) is 2.76. The van der Waals surface area contributed by atoms with Crippen molar-refractivity contribution in [3.05, 3.63) is 42.2 Å². The van der Waals surface area contributed by atoms with Crippen molar-refractivity contribution in [2.45, 2.75) is 20.8 Å². The molecule has 0 saturated carbocycles. The Bertz CT molecular complexity index is 793. The van der Waals surface area contributed by atoms with Crippen molar-refractivity contribution in [1.29, 1.82) is 0 Å². The van der Waals surface area contributed by atoms with Gasteiger partial charge in [-0.05, 0) is 6.92 Å². The SMILES string of the molecule is CC.Cc1nc(N2CCOCC2)c2oc(-c3ccccc3)cc2n1. The van der Waals surface area contributed by atoms with Crippen LogP contribution in [0.5, 0.6) is 0 Å². The fourth-order valence-corrected chi connectivity index (χ4v) is 2.76. The summed E-state index contributed by atoms with van der Waals surface area (Å²) in [5.74, 6) is 2.45. The van der Waals surface area contributed by atoms with Crippen molar-refractivity contribution in [3.8, 4) is 11.3 Å². The van der Waals surface area contributed by atoms with Gasteiger partial charge in [0.15, 0.2) is 11.4 Å². The average molecular weight is 325 g/mol. The lowest BCUT2D eigenvalue weighted by atomic mass is 10.2. The Hall–Kier alpha value is -2.40. The van der Waals surface area contributed by atoms with Crippen LogP contribution in [0.4, 0.5) is 5.82 Å². The van der Waals surface area contributed by atoms with Gasteiger partial charge in [-0.25, -0.2) is 9.97 Å². The number of rotatable bonds is 2. The summed E-state index contributed by atoms with van der Waals surface area (Å²) in [6.45, 7) is 9.01. The Morgan fingerprint density at radius 2 is 1.71 bits per heavy atom. The highest BCUT2D eigenvalue weighted by molar-refractivity contribution is 5.88. The van der Waals surface area contributed by atoms with E-state index >= 15 is 0 Å². The van der Waals surface area contributed by atoms with Gasteiger partial charge in [-0.1, -0.05) is 44.2 Å². The molecule has 5 heteroatoms. The molecule has 0 unspecified atom stereocenters. The fraction of sp³-hybridized carbons (Fsp3) is 0.368. The third-order valence-electron chi connectivity index (χ3n) is 3.83. The standard InChI is InChI=1S/C17H17N3O2.C2H6/c1-12-18-14-11-15(13-5-3-2-4-6-13)22-16(14)17(19-12)20-7-9-21-10-8-20;1-2/h2-6,11H,7-10H2,1H3;1-2H3. The number of hydrogen-bond donors (Lipinski definition) is 0. The highest BCUT2D eigenvalue weighted by atomic mass is 16.5. The van der Waals surface area contributed by atoms with Crippen LogP contribution in [0.2, 0.25) is 0 Å². The first-order valence-electron chi connectivity index (χ1n) is 8.47. The molecule has 1 aliphatic heterocycles. The summed E-state index contributed by atoms with van der Waals surface area (Å²) >= 11 is 0. The van der Waals surface area contributed by atoms with E-state index < -0.39 is 0 Å². The lowest BCUT2D eigenvalue weighted by Crippen LogP contribution is -2.37.